The fourth-order valence-electron chi connectivity index (χ4n) is 2.40. The fourth-order valence-corrected chi connectivity index (χ4v) is 2.76. The number of rotatable bonds is 4. The van der Waals surface area contributed by atoms with Crippen LogP contribution in [0.1, 0.15) is 25.3 Å². The first-order chi connectivity index (χ1) is 9.84. The van der Waals surface area contributed by atoms with E-state index in [1.54, 1.807) is 0 Å². The van der Waals surface area contributed by atoms with Crippen LogP contribution in [0.25, 0.3) is 0 Å². The maximum absolute atomic E-state index is 13.1. The predicted molar refractivity (Wildman–Crippen MR) is 78.2 cm³/mol. The van der Waals surface area contributed by atoms with E-state index in [2.05, 4.69) is 21.2 Å². The van der Waals surface area contributed by atoms with Gasteiger partial charge in [-0.3, -0.25) is 4.79 Å². The second-order valence-electron chi connectivity index (χ2n) is 4.94. The zero-order valence-corrected chi connectivity index (χ0v) is 13.1. The lowest BCUT2D eigenvalue weighted by Gasteiger charge is -2.22. The molecule has 0 saturated carbocycles. The Kier molecular flexibility index (Phi) is 4.93. The molecule has 1 aromatic rings. The molecular weight excluding hydrogens is 349 g/mol. The number of nitrogens with zero attached hydrogens (tertiary/aromatic N) is 1. The molecule has 1 amide bonds. The van der Waals surface area contributed by atoms with E-state index >= 15 is 0 Å². The van der Waals surface area contributed by atoms with Gasteiger partial charge in [0.1, 0.15) is 0 Å². The third-order valence-electron chi connectivity index (χ3n) is 3.40. The highest BCUT2D eigenvalue weighted by molar-refractivity contribution is 9.10. The van der Waals surface area contributed by atoms with Crippen molar-refractivity contribution in [3.05, 3.63) is 28.2 Å². The van der Waals surface area contributed by atoms with Crippen molar-refractivity contribution in [2.24, 2.45) is 0 Å². The number of halogens is 4. The average Bonchev–Trinajstić information content (AvgIpc) is 2.77. The zero-order valence-electron chi connectivity index (χ0n) is 11.5. The minimum absolute atomic E-state index is 0.0727. The van der Waals surface area contributed by atoms with E-state index in [1.165, 1.54) is 17.0 Å². The highest BCUT2D eigenvalue weighted by Gasteiger charge is 2.39. The maximum Gasteiger partial charge on any atom is 0.418 e. The number of hydrogen-bond acceptors (Lipinski definition) is 2. The van der Waals surface area contributed by atoms with Crippen LogP contribution in [0.4, 0.5) is 18.9 Å². The van der Waals surface area contributed by atoms with Crippen LogP contribution < -0.4 is 10.2 Å². The summed E-state index contributed by atoms with van der Waals surface area (Å²) >= 11 is 3.04. The Morgan fingerprint density at radius 2 is 2.14 bits per heavy atom. The van der Waals surface area contributed by atoms with Crippen LogP contribution in [-0.4, -0.2) is 25.0 Å². The lowest BCUT2D eigenvalue weighted by atomic mass is 10.1. The minimum Gasteiger partial charge on any atom is -0.310 e. The van der Waals surface area contributed by atoms with Gasteiger partial charge in [0.2, 0.25) is 5.91 Å². The predicted octanol–water partition coefficient (Wildman–Crippen LogP) is 3.57. The van der Waals surface area contributed by atoms with Crippen LogP contribution >= 0.6 is 15.9 Å². The summed E-state index contributed by atoms with van der Waals surface area (Å²) in [6.07, 6.45) is -3.10. The highest BCUT2D eigenvalue weighted by atomic mass is 79.9. The summed E-state index contributed by atoms with van der Waals surface area (Å²) in [4.78, 5) is 13.5. The van der Waals surface area contributed by atoms with Crippen LogP contribution in [0.2, 0.25) is 0 Å². The van der Waals surface area contributed by atoms with Crippen molar-refractivity contribution in [3.63, 3.8) is 0 Å². The van der Waals surface area contributed by atoms with Gasteiger partial charge in [0.15, 0.2) is 0 Å². The van der Waals surface area contributed by atoms with Crippen LogP contribution in [0.3, 0.4) is 0 Å². The van der Waals surface area contributed by atoms with E-state index < -0.39 is 17.8 Å². The van der Waals surface area contributed by atoms with Gasteiger partial charge in [0.05, 0.1) is 17.3 Å². The van der Waals surface area contributed by atoms with Crippen LogP contribution in [0.5, 0.6) is 0 Å². The molecule has 116 valence electrons. The monoisotopic (exact) mass is 364 g/mol. The Labute approximate surface area is 129 Å². The van der Waals surface area contributed by atoms with Gasteiger partial charge in [0, 0.05) is 11.0 Å². The quantitative estimate of drug-likeness (QED) is 0.885. The van der Waals surface area contributed by atoms with Crippen LogP contribution in [0.15, 0.2) is 22.7 Å². The van der Waals surface area contributed by atoms with Crippen molar-refractivity contribution in [2.45, 2.75) is 32.0 Å². The number of carbonyl (C=O) groups is 1. The number of carbonyl (C=O) groups excluding carboxylic acids is 1. The van der Waals surface area contributed by atoms with Crippen LogP contribution in [0, 0.1) is 0 Å². The summed E-state index contributed by atoms with van der Waals surface area (Å²) in [6, 6.07) is 3.47. The Bertz CT molecular complexity index is 533. The van der Waals surface area contributed by atoms with Crippen molar-refractivity contribution in [3.8, 4) is 0 Å². The number of hydrogen-bond donors (Lipinski definition) is 1. The van der Waals surface area contributed by atoms with E-state index in [4.69, 9.17) is 0 Å². The highest BCUT2D eigenvalue weighted by Crippen LogP contribution is 2.39. The summed E-state index contributed by atoms with van der Waals surface area (Å²) < 4.78 is 39.7. The summed E-state index contributed by atoms with van der Waals surface area (Å²) in [5.41, 5.74) is -0.863. The average molecular weight is 365 g/mol. The third-order valence-corrected chi connectivity index (χ3v) is 3.89. The lowest BCUT2D eigenvalue weighted by molar-refractivity contribution is -0.137. The van der Waals surface area contributed by atoms with Gasteiger partial charge in [-0.15, -0.1) is 0 Å². The van der Waals surface area contributed by atoms with Crippen molar-refractivity contribution in [1.82, 2.24) is 5.32 Å². The molecule has 0 aromatic heterocycles. The molecule has 0 spiro atoms. The maximum atomic E-state index is 13.1. The fraction of sp³-hybridized carbons (Fsp3) is 0.500. The summed E-state index contributed by atoms with van der Waals surface area (Å²) in [6.45, 7) is 2.95. The second-order valence-corrected chi connectivity index (χ2v) is 5.86. The van der Waals surface area contributed by atoms with Gasteiger partial charge in [-0.05, 0) is 37.6 Å². The Balaban J connectivity index is 2.29. The van der Waals surface area contributed by atoms with Crippen molar-refractivity contribution in [2.75, 3.05) is 18.0 Å². The Morgan fingerprint density at radius 1 is 1.43 bits per heavy atom. The molecule has 1 aliphatic heterocycles. The molecule has 7 heteroatoms. The SMILES string of the molecule is CCCNC1CCN(c2ccc(Br)cc2C(F)(F)F)C1=O. The molecule has 0 aliphatic carbocycles. The standard InChI is InChI=1S/C14H16BrF3N2O/c1-2-6-19-11-5-7-20(13(11)21)12-4-3-9(15)8-10(12)14(16,17)18/h3-4,8,11,19H,2,5-7H2,1H3. The molecule has 21 heavy (non-hydrogen) atoms. The normalized spacial score (nSPS) is 19.4. The molecule has 2 rings (SSSR count). The summed E-state index contributed by atoms with van der Waals surface area (Å²) in [5, 5.41) is 3.07. The largest absolute Gasteiger partial charge is 0.418 e. The first kappa shape index (κ1) is 16.3. The number of anilines is 1. The molecule has 3 nitrogen and oxygen atoms in total. The van der Waals surface area contributed by atoms with E-state index in [1.807, 2.05) is 6.92 Å². The van der Waals surface area contributed by atoms with Gasteiger partial charge in [-0.25, -0.2) is 0 Å². The summed E-state index contributed by atoms with van der Waals surface area (Å²) in [5.74, 6) is -0.295. The smallest absolute Gasteiger partial charge is 0.310 e. The van der Waals surface area contributed by atoms with Gasteiger partial charge in [-0.1, -0.05) is 22.9 Å². The molecule has 1 atom stereocenters. The number of nitrogens with one attached hydrogen (secondary N) is 1. The van der Waals surface area contributed by atoms with E-state index in [9.17, 15) is 18.0 Å². The molecular formula is C14H16BrF3N2O. The molecule has 1 saturated heterocycles. The molecule has 1 aliphatic rings. The number of amides is 1. The Hall–Kier alpha value is -1.08. The van der Waals surface area contributed by atoms with Gasteiger partial charge in [0.25, 0.3) is 0 Å². The second kappa shape index (κ2) is 6.36. The van der Waals surface area contributed by atoms with Gasteiger partial charge < -0.3 is 10.2 Å². The van der Waals surface area contributed by atoms with E-state index in [0.717, 1.165) is 12.5 Å². The number of benzene rings is 1. The first-order valence-corrected chi connectivity index (χ1v) is 7.55. The Morgan fingerprint density at radius 3 is 2.76 bits per heavy atom. The lowest BCUT2D eigenvalue weighted by Crippen LogP contribution is -2.39. The van der Waals surface area contributed by atoms with Crippen molar-refractivity contribution >= 4 is 27.5 Å². The van der Waals surface area contributed by atoms with Gasteiger partial charge in [-0.2, -0.15) is 13.2 Å². The first-order valence-electron chi connectivity index (χ1n) is 6.76. The van der Waals surface area contributed by atoms with Crippen LogP contribution in [-0.2, 0) is 11.0 Å². The molecule has 1 unspecified atom stereocenters. The molecule has 0 radical (unpaired) electrons. The molecule has 1 aromatic carbocycles. The molecule has 1 fully saturated rings. The number of alkyl halides is 3. The van der Waals surface area contributed by atoms with Crippen molar-refractivity contribution in [1.29, 1.82) is 0 Å². The van der Waals surface area contributed by atoms with Gasteiger partial charge >= 0.3 is 6.18 Å². The van der Waals surface area contributed by atoms with E-state index in [0.29, 0.717) is 24.0 Å². The van der Waals surface area contributed by atoms with E-state index in [-0.39, 0.29) is 11.6 Å². The van der Waals surface area contributed by atoms with Crippen molar-refractivity contribution < 1.29 is 18.0 Å². The molecule has 0 bridgehead atoms. The topological polar surface area (TPSA) is 32.3 Å². The summed E-state index contributed by atoms with van der Waals surface area (Å²) in [7, 11) is 0. The minimum atomic E-state index is -4.49. The molecule has 1 N–H and O–H groups in total. The molecule has 1 heterocycles. The third kappa shape index (κ3) is 3.58. The zero-order chi connectivity index (χ0) is 15.6.